The molecular formula is C14H20ClFN2O3S. The molecule has 0 amide bonds. The highest BCUT2D eigenvalue weighted by Crippen LogP contribution is 2.24. The van der Waals surface area contributed by atoms with Gasteiger partial charge in [0.25, 0.3) is 0 Å². The van der Waals surface area contributed by atoms with Gasteiger partial charge in [-0.1, -0.05) is 17.7 Å². The van der Waals surface area contributed by atoms with Crippen LogP contribution in [0.15, 0.2) is 18.2 Å². The fourth-order valence-corrected chi connectivity index (χ4v) is 3.94. The average molecular weight is 351 g/mol. The van der Waals surface area contributed by atoms with Crippen molar-refractivity contribution in [2.45, 2.75) is 12.6 Å². The van der Waals surface area contributed by atoms with E-state index in [2.05, 4.69) is 0 Å². The van der Waals surface area contributed by atoms with E-state index in [1.54, 1.807) is 6.07 Å². The maximum Gasteiger partial charge on any atom is 0.214 e. The number of benzene rings is 1. The lowest BCUT2D eigenvalue weighted by atomic mass is 10.1. The van der Waals surface area contributed by atoms with Gasteiger partial charge in [-0.2, -0.15) is 0 Å². The zero-order chi connectivity index (χ0) is 16.5. The maximum absolute atomic E-state index is 13.0. The quantitative estimate of drug-likeness (QED) is 0.865. The monoisotopic (exact) mass is 350 g/mol. The van der Waals surface area contributed by atoms with Gasteiger partial charge in [-0.25, -0.2) is 17.1 Å². The number of hydrogen-bond acceptors (Lipinski definition) is 4. The van der Waals surface area contributed by atoms with Crippen molar-refractivity contribution in [1.82, 2.24) is 9.21 Å². The van der Waals surface area contributed by atoms with Gasteiger partial charge in [0.15, 0.2) is 0 Å². The molecule has 1 aromatic carbocycles. The van der Waals surface area contributed by atoms with Crippen LogP contribution in [0, 0.1) is 11.7 Å². The molecule has 1 aromatic rings. The van der Waals surface area contributed by atoms with Gasteiger partial charge in [0.1, 0.15) is 5.82 Å². The van der Waals surface area contributed by atoms with Crippen molar-refractivity contribution >= 4 is 21.6 Å². The van der Waals surface area contributed by atoms with Gasteiger partial charge in [0.05, 0.1) is 11.9 Å². The van der Waals surface area contributed by atoms with Crippen LogP contribution in [0.4, 0.5) is 4.39 Å². The van der Waals surface area contributed by atoms with Crippen LogP contribution in [0.5, 0.6) is 0 Å². The van der Waals surface area contributed by atoms with Crippen LogP contribution in [-0.2, 0) is 16.6 Å². The number of likely N-dealkylation sites (tertiary alicyclic amines) is 1. The summed E-state index contributed by atoms with van der Waals surface area (Å²) in [5.74, 6) is -0.828. The molecule has 1 heterocycles. The van der Waals surface area contributed by atoms with Crippen molar-refractivity contribution in [2.24, 2.45) is 5.92 Å². The molecule has 2 atom stereocenters. The van der Waals surface area contributed by atoms with E-state index < -0.39 is 21.9 Å². The van der Waals surface area contributed by atoms with Gasteiger partial charge in [-0.15, -0.1) is 0 Å². The van der Waals surface area contributed by atoms with Gasteiger partial charge in [-0.05, 0) is 17.7 Å². The lowest BCUT2D eigenvalue weighted by molar-refractivity contribution is 0.148. The second-order valence-corrected chi connectivity index (χ2v) is 8.45. The van der Waals surface area contributed by atoms with E-state index >= 15 is 0 Å². The first-order valence-corrected chi connectivity index (χ1v) is 8.92. The summed E-state index contributed by atoms with van der Waals surface area (Å²) in [7, 11) is -0.396. The Morgan fingerprint density at radius 3 is 2.68 bits per heavy atom. The number of hydrogen-bond donors (Lipinski definition) is 1. The molecule has 0 spiro atoms. The van der Waals surface area contributed by atoms with Crippen LogP contribution < -0.4 is 0 Å². The third kappa shape index (κ3) is 4.17. The predicted molar refractivity (Wildman–Crippen MR) is 83.7 cm³/mol. The topological polar surface area (TPSA) is 60.9 Å². The lowest BCUT2D eigenvalue weighted by Gasteiger charge is -2.18. The first-order valence-electron chi connectivity index (χ1n) is 6.93. The molecule has 1 N–H and O–H groups in total. The Kier molecular flexibility index (Phi) is 5.45. The zero-order valence-corrected chi connectivity index (χ0v) is 14.1. The molecule has 0 bridgehead atoms. The molecule has 2 rings (SSSR count). The Morgan fingerprint density at radius 2 is 2.09 bits per heavy atom. The second-order valence-electron chi connectivity index (χ2n) is 5.82. The van der Waals surface area contributed by atoms with E-state index in [-0.39, 0.29) is 11.7 Å². The van der Waals surface area contributed by atoms with Crippen molar-refractivity contribution in [2.75, 3.05) is 32.9 Å². The highest BCUT2D eigenvalue weighted by molar-refractivity contribution is 7.89. The molecule has 0 unspecified atom stereocenters. The number of nitrogens with zero attached hydrogens (tertiary/aromatic N) is 2. The van der Waals surface area contributed by atoms with Gasteiger partial charge >= 0.3 is 0 Å². The first-order chi connectivity index (χ1) is 10.2. The molecule has 1 saturated heterocycles. The molecular weight excluding hydrogens is 331 g/mol. The number of aliphatic hydroxyl groups is 1. The molecule has 1 fully saturated rings. The molecule has 0 aromatic heterocycles. The number of aliphatic hydroxyl groups excluding tert-OH is 1. The minimum atomic E-state index is -3.35. The summed E-state index contributed by atoms with van der Waals surface area (Å²) in [6.07, 6.45) is -0.700. The summed E-state index contributed by atoms with van der Waals surface area (Å²) >= 11 is 6.00. The Morgan fingerprint density at radius 1 is 1.41 bits per heavy atom. The molecule has 0 saturated carbocycles. The largest absolute Gasteiger partial charge is 0.391 e. The predicted octanol–water partition coefficient (Wildman–Crippen LogP) is 1.16. The zero-order valence-electron chi connectivity index (χ0n) is 12.5. The van der Waals surface area contributed by atoms with E-state index in [9.17, 15) is 17.9 Å². The fraction of sp³-hybridized carbons (Fsp3) is 0.571. The Balaban J connectivity index is 2.02. The molecule has 5 nitrogen and oxygen atoms in total. The van der Waals surface area contributed by atoms with E-state index in [1.807, 2.05) is 4.90 Å². The van der Waals surface area contributed by atoms with E-state index in [0.29, 0.717) is 24.7 Å². The van der Waals surface area contributed by atoms with E-state index in [0.717, 1.165) is 5.56 Å². The molecule has 0 radical (unpaired) electrons. The van der Waals surface area contributed by atoms with Crippen LogP contribution in [0.25, 0.3) is 0 Å². The summed E-state index contributed by atoms with van der Waals surface area (Å²) < 4.78 is 38.0. The molecule has 1 aliphatic rings. The lowest BCUT2D eigenvalue weighted by Crippen LogP contribution is -2.33. The summed E-state index contributed by atoms with van der Waals surface area (Å²) in [4.78, 5) is 1.93. The summed E-state index contributed by atoms with van der Waals surface area (Å²) in [6, 6.07) is 4.19. The summed E-state index contributed by atoms with van der Waals surface area (Å²) in [6.45, 7) is 1.29. The minimum absolute atomic E-state index is 0.0885. The number of halogens is 2. The van der Waals surface area contributed by atoms with Crippen molar-refractivity contribution in [3.05, 3.63) is 34.6 Å². The molecule has 22 heavy (non-hydrogen) atoms. The molecule has 124 valence electrons. The number of β-amino-alcohol motifs (C(OH)–C–C–N with tert-alkyl or cyclic N) is 1. The average Bonchev–Trinajstić information content (AvgIpc) is 2.72. The highest BCUT2D eigenvalue weighted by atomic mass is 35.5. The number of sulfonamides is 1. The van der Waals surface area contributed by atoms with Crippen molar-refractivity contribution in [3.8, 4) is 0 Å². The normalized spacial score (nSPS) is 23.4. The third-order valence-corrected chi connectivity index (χ3v) is 6.19. The van der Waals surface area contributed by atoms with Crippen LogP contribution >= 0.6 is 11.6 Å². The Bertz CT molecular complexity index is 639. The molecule has 0 aliphatic carbocycles. The third-order valence-electron chi connectivity index (χ3n) is 3.87. The smallest absolute Gasteiger partial charge is 0.214 e. The Hall–Kier alpha value is -0.730. The van der Waals surface area contributed by atoms with Crippen molar-refractivity contribution in [3.63, 3.8) is 0 Å². The van der Waals surface area contributed by atoms with Crippen LogP contribution in [0.2, 0.25) is 5.02 Å². The van der Waals surface area contributed by atoms with Crippen LogP contribution in [0.1, 0.15) is 5.56 Å². The number of rotatable bonds is 5. The van der Waals surface area contributed by atoms with Crippen molar-refractivity contribution < 1.29 is 17.9 Å². The second kappa shape index (κ2) is 6.80. The van der Waals surface area contributed by atoms with Crippen LogP contribution in [-0.4, -0.2) is 61.8 Å². The Labute approximate surface area is 135 Å². The summed E-state index contributed by atoms with van der Waals surface area (Å²) in [5.41, 5.74) is 0.756. The van der Waals surface area contributed by atoms with E-state index in [1.165, 1.54) is 30.5 Å². The van der Waals surface area contributed by atoms with Gasteiger partial charge in [-0.3, -0.25) is 4.90 Å². The minimum Gasteiger partial charge on any atom is -0.391 e. The standard InChI is InChI=1S/C14H20ClFN2O3S/c1-17(2)22(20,21)9-11-7-18(8-14(11)19)6-10-3-4-12(16)5-13(10)15/h3-5,11,14,19H,6-9H2,1-2H3/t11-,14+/m0/s1. The van der Waals surface area contributed by atoms with Gasteiger partial charge in [0, 0.05) is 44.7 Å². The van der Waals surface area contributed by atoms with Gasteiger partial charge < -0.3 is 5.11 Å². The molecule has 8 heteroatoms. The van der Waals surface area contributed by atoms with E-state index in [4.69, 9.17) is 11.6 Å². The SMILES string of the molecule is CN(C)S(=O)(=O)C[C@@H]1CN(Cc2ccc(F)cc2Cl)C[C@H]1O. The maximum atomic E-state index is 13.0. The van der Waals surface area contributed by atoms with Crippen LogP contribution in [0.3, 0.4) is 0 Å². The van der Waals surface area contributed by atoms with Crippen molar-refractivity contribution in [1.29, 1.82) is 0 Å². The first kappa shape index (κ1) is 17.6. The summed E-state index contributed by atoms with van der Waals surface area (Å²) in [5, 5.41) is 10.4. The highest BCUT2D eigenvalue weighted by Gasteiger charge is 2.35. The molecule has 1 aliphatic heterocycles. The van der Waals surface area contributed by atoms with Gasteiger partial charge in [0.2, 0.25) is 10.0 Å². The fourth-order valence-electron chi connectivity index (χ4n) is 2.54.